The zero-order valence-electron chi connectivity index (χ0n) is 16.6. The number of ether oxygens (including phenoxy) is 2. The molecule has 0 saturated heterocycles. The molecule has 1 N–H and O–H groups in total. The molecule has 3 rings (SSSR count). The fourth-order valence-electron chi connectivity index (χ4n) is 2.82. The van der Waals surface area contributed by atoms with E-state index in [4.69, 9.17) is 13.9 Å². The van der Waals surface area contributed by atoms with E-state index < -0.39 is 17.8 Å². The number of hydrogen-bond donors (Lipinski definition) is 1. The van der Waals surface area contributed by atoms with Crippen molar-refractivity contribution >= 4 is 45.2 Å². The minimum Gasteiger partial charge on any atom is -0.462 e. The first-order chi connectivity index (χ1) is 14.4. The van der Waals surface area contributed by atoms with Crippen molar-refractivity contribution in [3.63, 3.8) is 0 Å². The number of benzene rings is 1. The van der Waals surface area contributed by atoms with Crippen LogP contribution < -0.4 is 10.7 Å². The summed E-state index contributed by atoms with van der Waals surface area (Å²) in [5.74, 6) is -2.25. The van der Waals surface area contributed by atoms with Crippen LogP contribution in [-0.4, -0.2) is 31.1 Å². The molecule has 0 radical (unpaired) electrons. The predicted molar refractivity (Wildman–Crippen MR) is 111 cm³/mol. The smallest absolute Gasteiger partial charge is 0.348 e. The van der Waals surface area contributed by atoms with Gasteiger partial charge in [-0.15, -0.1) is 11.3 Å². The summed E-state index contributed by atoms with van der Waals surface area (Å²) in [7, 11) is 0. The number of para-hydroxylation sites is 1. The van der Waals surface area contributed by atoms with E-state index in [1.807, 2.05) is 0 Å². The lowest BCUT2D eigenvalue weighted by atomic mass is 10.1. The summed E-state index contributed by atoms with van der Waals surface area (Å²) < 4.78 is 15.6. The van der Waals surface area contributed by atoms with Crippen molar-refractivity contribution in [2.45, 2.75) is 20.8 Å². The van der Waals surface area contributed by atoms with Crippen LogP contribution in [-0.2, 0) is 9.47 Å². The van der Waals surface area contributed by atoms with Gasteiger partial charge < -0.3 is 19.2 Å². The number of esters is 2. The molecule has 2 heterocycles. The quantitative estimate of drug-likeness (QED) is 0.594. The Kier molecular flexibility index (Phi) is 6.31. The molecule has 8 nitrogen and oxygen atoms in total. The maximum Gasteiger partial charge on any atom is 0.348 e. The molecule has 0 fully saturated rings. The van der Waals surface area contributed by atoms with Gasteiger partial charge in [0.15, 0.2) is 11.2 Å². The Balaban J connectivity index is 2.01. The third-order valence-electron chi connectivity index (χ3n) is 4.17. The van der Waals surface area contributed by atoms with Gasteiger partial charge in [-0.25, -0.2) is 9.59 Å². The van der Waals surface area contributed by atoms with E-state index in [-0.39, 0.29) is 45.4 Å². The lowest BCUT2D eigenvalue weighted by Crippen LogP contribution is -2.16. The Morgan fingerprint density at radius 2 is 1.73 bits per heavy atom. The number of amides is 1. The van der Waals surface area contributed by atoms with E-state index in [0.29, 0.717) is 10.9 Å². The second kappa shape index (κ2) is 8.91. The average molecular weight is 429 g/mol. The average Bonchev–Trinajstić information content (AvgIpc) is 3.04. The van der Waals surface area contributed by atoms with Crippen LogP contribution in [0.15, 0.2) is 39.5 Å². The number of fused-ring (bicyclic) bond motifs is 1. The maximum atomic E-state index is 12.8. The van der Waals surface area contributed by atoms with Crippen LogP contribution in [0.1, 0.15) is 50.0 Å². The Labute approximate surface area is 175 Å². The monoisotopic (exact) mass is 429 g/mol. The van der Waals surface area contributed by atoms with E-state index in [9.17, 15) is 19.2 Å². The molecule has 1 aromatic carbocycles. The van der Waals surface area contributed by atoms with Crippen LogP contribution in [0.5, 0.6) is 0 Å². The van der Waals surface area contributed by atoms with E-state index in [1.54, 1.807) is 45.0 Å². The number of hydrogen-bond acceptors (Lipinski definition) is 8. The lowest BCUT2D eigenvalue weighted by Gasteiger charge is -2.07. The van der Waals surface area contributed by atoms with Gasteiger partial charge in [-0.3, -0.25) is 9.59 Å². The van der Waals surface area contributed by atoms with Crippen LogP contribution >= 0.6 is 11.3 Å². The summed E-state index contributed by atoms with van der Waals surface area (Å²) in [6.07, 6.45) is 0. The number of nitrogens with one attached hydrogen (secondary N) is 1. The third kappa shape index (κ3) is 4.11. The number of carbonyl (C=O) groups is 3. The molecule has 9 heteroatoms. The zero-order valence-corrected chi connectivity index (χ0v) is 17.4. The highest BCUT2D eigenvalue weighted by Gasteiger charge is 2.28. The Hall–Kier alpha value is -3.46. The minimum absolute atomic E-state index is 0.0568. The SMILES string of the molecule is CCOC(=O)c1sc(NC(=O)c2cc(=O)c3ccccc3o2)c(C(=O)OCC)c1C. The van der Waals surface area contributed by atoms with Gasteiger partial charge >= 0.3 is 11.9 Å². The van der Waals surface area contributed by atoms with E-state index in [1.165, 1.54) is 0 Å². The predicted octanol–water partition coefficient (Wildman–Crippen LogP) is 3.77. The van der Waals surface area contributed by atoms with Crippen molar-refractivity contribution in [1.82, 2.24) is 0 Å². The van der Waals surface area contributed by atoms with Gasteiger partial charge in [-0.1, -0.05) is 12.1 Å². The van der Waals surface area contributed by atoms with Crippen LogP contribution in [0.25, 0.3) is 11.0 Å². The van der Waals surface area contributed by atoms with E-state index in [2.05, 4.69) is 5.32 Å². The van der Waals surface area contributed by atoms with Crippen molar-refractivity contribution in [3.8, 4) is 0 Å². The van der Waals surface area contributed by atoms with Gasteiger partial charge in [-0.05, 0) is 38.5 Å². The van der Waals surface area contributed by atoms with Gasteiger partial charge in [-0.2, -0.15) is 0 Å². The molecule has 156 valence electrons. The molecule has 0 bridgehead atoms. The molecule has 0 aliphatic carbocycles. The largest absolute Gasteiger partial charge is 0.462 e. The standard InChI is InChI=1S/C21H19NO7S/c1-4-27-20(25)16-11(3)17(21(26)28-5-2)30-19(16)22-18(24)15-10-13(23)12-8-6-7-9-14(12)29-15/h6-10H,4-5H2,1-3H3,(H,22,24). The molecule has 0 aliphatic rings. The molecule has 0 aliphatic heterocycles. The number of thiophene rings is 1. The van der Waals surface area contributed by atoms with Crippen molar-refractivity contribution in [1.29, 1.82) is 0 Å². The molecule has 0 saturated carbocycles. The minimum atomic E-state index is -0.736. The van der Waals surface area contributed by atoms with Crippen molar-refractivity contribution in [2.24, 2.45) is 0 Å². The normalized spacial score (nSPS) is 10.6. The second-order valence-corrected chi connectivity index (χ2v) is 7.15. The lowest BCUT2D eigenvalue weighted by molar-refractivity contribution is 0.0527. The molecule has 0 atom stereocenters. The third-order valence-corrected chi connectivity index (χ3v) is 5.36. The van der Waals surface area contributed by atoms with Gasteiger partial charge in [0.05, 0.1) is 24.2 Å². The van der Waals surface area contributed by atoms with Crippen LogP contribution in [0.2, 0.25) is 0 Å². The summed E-state index contributed by atoms with van der Waals surface area (Å²) in [6.45, 7) is 5.16. The number of rotatable bonds is 6. The summed E-state index contributed by atoms with van der Waals surface area (Å²) in [5.41, 5.74) is 0.283. The highest BCUT2D eigenvalue weighted by Crippen LogP contribution is 2.34. The van der Waals surface area contributed by atoms with Crippen LogP contribution in [0.3, 0.4) is 0 Å². The Morgan fingerprint density at radius 1 is 1.07 bits per heavy atom. The molecule has 0 spiro atoms. The van der Waals surface area contributed by atoms with Crippen molar-refractivity contribution < 1.29 is 28.3 Å². The van der Waals surface area contributed by atoms with E-state index >= 15 is 0 Å². The highest BCUT2D eigenvalue weighted by molar-refractivity contribution is 7.18. The molecule has 30 heavy (non-hydrogen) atoms. The maximum absolute atomic E-state index is 12.8. The van der Waals surface area contributed by atoms with Gasteiger partial charge in [0.25, 0.3) is 5.91 Å². The summed E-state index contributed by atoms with van der Waals surface area (Å²) in [6, 6.07) is 7.62. The molecular weight excluding hydrogens is 410 g/mol. The molecular formula is C21H19NO7S. The fraction of sp³-hybridized carbons (Fsp3) is 0.238. The first kappa shape index (κ1) is 21.3. The molecule has 0 unspecified atom stereocenters. The molecule has 2 aromatic heterocycles. The zero-order chi connectivity index (χ0) is 21.8. The first-order valence-electron chi connectivity index (χ1n) is 9.19. The van der Waals surface area contributed by atoms with Gasteiger partial charge in [0, 0.05) is 6.07 Å². The summed E-state index contributed by atoms with van der Waals surface area (Å²) in [5, 5.41) is 3.01. The molecule has 1 amide bonds. The topological polar surface area (TPSA) is 112 Å². The Morgan fingerprint density at radius 3 is 2.43 bits per heavy atom. The first-order valence-corrected chi connectivity index (χ1v) is 10.0. The van der Waals surface area contributed by atoms with Crippen LogP contribution in [0.4, 0.5) is 5.00 Å². The van der Waals surface area contributed by atoms with Crippen LogP contribution in [0, 0.1) is 6.92 Å². The van der Waals surface area contributed by atoms with Crippen molar-refractivity contribution in [3.05, 3.63) is 62.3 Å². The summed E-state index contributed by atoms with van der Waals surface area (Å²) >= 11 is 0.892. The van der Waals surface area contributed by atoms with E-state index in [0.717, 1.165) is 17.4 Å². The summed E-state index contributed by atoms with van der Waals surface area (Å²) in [4.78, 5) is 49.8. The van der Waals surface area contributed by atoms with Gasteiger partial charge in [0.1, 0.15) is 15.5 Å². The molecule has 3 aromatic rings. The van der Waals surface area contributed by atoms with Gasteiger partial charge in [0.2, 0.25) is 0 Å². The second-order valence-electron chi connectivity index (χ2n) is 6.13. The fourth-order valence-corrected chi connectivity index (χ4v) is 3.91. The number of carbonyl (C=O) groups excluding carboxylic acids is 3. The number of anilines is 1. The van der Waals surface area contributed by atoms with Crippen molar-refractivity contribution in [2.75, 3.05) is 18.5 Å². The highest BCUT2D eigenvalue weighted by atomic mass is 32.1. The Bertz CT molecular complexity index is 1190.